The number of hydrogen-bond acceptors (Lipinski definition) is 5. The van der Waals surface area contributed by atoms with Crippen LogP contribution in [-0.4, -0.2) is 51.5 Å². The quantitative estimate of drug-likeness (QED) is 0.788. The highest BCUT2D eigenvalue weighted by atomic mass is 32.2. The molecule has 0 saturated carbocycles. The molecule has 1 aliphatic rings. The first kappa shape index (κ1) is 17.7. The van der Waals surface area contributed by atoms with E-state index in [1.165, 1.54) is 30.7 Å². The number of rotatable bonds is 7. The lowest BCUT2D eigenvalue weighted by molar-refractivity contribution is -0.120. The third-order valence-corrected chi connectivity index (χ3v) is 6.08. The summed E-state index contributed by atoms with van der Waals surface area (Å²) in [6.45, 7) is 0.454. The second kappa shape index (κ2) is 6.86. The van der Waals surface area contributed by atoms with Crippen molar-refractivity contribution in [1.82, 2.24) is 4.31 Å². The number of nitrogens with zero attached hydrogens (tertiary/aromatic N) is 1. The molecule has 0 spiro atoms. The SMILES string of the molecule is COC[C@@]1(CC(N)=O)CCCN1S(=O)(=O)c1cccc(OC)c1. The van der Waals surface area contributed by atoms with Crippen LogP contribution in [0, 0.1) is 0 Å². The third kappa shape index (κ3) is 3.49. The summed E-state index contributed by atoms with van der Waals surface area (Å²) in [6.07, 6.45) is 1.12. The minimum absolute atomic E-state index is 0.0654. The monoisotopic (exact) mass is 342 g/mol. The summed E-state index contributed by atoms with van der Waals surface area (Å²) in [5.41, 5.74) is 4.41. The van der Waals surface area contributed by atoms with Crippen molar-refractivity contribution >= 4 is 15.9 Å². The van der Waals surface area contributed by atoms with E-state index in [4.69, 9.17) is 15.2 Å². The van der Waals surface area contributed by atoms with Crippen molar-refractivity contribution in [2.75, 3.05) is 27.4 Å². The number of carbonyl (C=O) groups excluding carboxylic acids is 1. The summed E-state index contributed by atoms with van der Waals surface area (Å²) in [5.74, 6) is -0.0905. The lowest BCUT2D eigenvalue weighted by Crippen LogP contribution is -2.52. The van der Waals surface area contributed by atoms with E-state index in [1.807, 2.05) is 0 Å². The van der Waals surface area contributed by atoms with Crippen molar-refractivity contribution < 1.29 is 22.7 Å². The Balaban J connectivity index is 2.45. The fraction of sp³-hybridized carbons (Fsp3) is 0.533. The minimum atomic E-state index is -3.78. The Bertz CT molecular complexity index is 676. The van der Waals surface area contributed by atoms with Crippen LogP contribution in [0.1, 0.15) is 19.3 Å². The standard InChI is InChI=1S/C15H22N2O5S/c1-21-11-15(10-14(16)18)7-4-8-17(15)23(19,20)13-6-3-5-12(9-13)22-2/h3,5-6,9H,4,7-8,10-11H2,1-2H3,(H2,16,18)/t15-/m0/s1. The highest BCUT2D eigenvalue weighted by Gasteiger charge is 2.48. The molecule has 23 heavy (non-hydrogen) atoms. The molecule has 1 aliphatic heterocycles. The van der Waals surface area contributed by atoms with Gasteiger partial charge in [-0.2, -0.15) is 4.31 Å². The molecule has 128 valence electrons. The van der Waals surface area contributed by atoms with Gasteiger partial charge < -0.3 is 15.2 Å². The van der Waals surface area contributed by atoms with E-state index in [9.17, 15) is 13.2 Å². The van der Waals surface area contributed by atoms with Crippen molar-refractivity contribution in [3.8, 4) is 5.75 Å². The highest BCUT2D eigenvalue weighted by molar-refractivity contribution is 7.89. The number of methoxy groups -OCH3 is 2. The number of nitrogens with two attached hydrogens (primary N) is 1. The van der Waals surface area contributed by atoms with Crippen molar-refractivity contribution in [3.05, 3.63) is 24.3 Å². The molecule has 7 nitrogen and oxygen atoms in total. The molecule has 1 saturated heterocycles. The van der Waals surface area contributed by atoms with Gasteiger partial charge in [0.2, 0.25) is 15.9 Å². The normalized spacial score (nSPS) is 22.2. The molecule has 0 aliphatic carbocycles. The van der Waals surface area contributed by atoms with E-state index in [0.717, 1.165) is 0 Å². The fourth-order valence-electron chi connectivity index (χ4n) is 3.14. The molecule has 2 N–H and O–H groups in total. The Morgan fingerprint density at radius 2 is 2.13 bits per heavy atom. The number of benzene rings is 1. The van der Waals surface area contributed by atoms with Crippen LogP contribution < -0.4 is 10.5 Å². The van der Waals surface area contributed by atoms with Crippen LogP contribution in [0.4, 0.5) is 0 Å². The molecule has 1 aromatic rings. The number of sulfonamides is 1. The molecule has 8 heteroatoms. The predicted octanol–water partition coefficient (Wildman–Crippen LogP) is 0.740. The van der Waals surface area contributed by atoms with Gasteiger partial charge in [-0.25, -0.2) is 8.42 Å². The molecule has 2 rings (SSSR count). The minimum Gasteiger partial charge on any atom is -0.497 e. The topological polar surface area (TPSA) is 98.9 Å². The van der Waals surface area contributed by atoms with Gasteiger partial charge in [0.1, 0.15) is 5.75 Å². The first-order chi connectivity index (χ1) is 10.9. The molecule has 1 amide bonds. The molecule has 0 bridgehead atoms. The Morgan fingerprint density at radius 1 is 1.39 bits per heavy atom. The van der Waals surface area contributed by atoms with Crippen LogP contribution in [0.5, 0.6) is 5.75 Å². The largest absolute Gasteiger partial charge is 0.497 e. The second-order valence-electron chi connectivity index (χ2n) is 5.66. The van der Waals surface area contributed by atoms with E-state index in [1.54, 1.807) is 12.1 Å². The van der Waals surface area contributed by atoms with Crippen molar-refractivity contribution in [1.29, 1.82) is 0 Å². The van der Waals surface area contributed by atoms with Crippen LogP contribution >= 0.6 is 0 Å². The van der Waals surface area contributed by atoms with E-state index in [2.05, 4.69) is 0 Å². The molecule has 1 atom stereocenters. The maximum atomic E-state index is 13.0. The lowest BCUT2D eigenvalue weighted by Gasteiger charge is -2.36. The number of carbonyl (C=O) groups is 1. The molecule has 1 heterocycles. The molecule has 0 aromatic heterocycles. The predicted molar refractivity (Wildman–Crippen MR) is 84.5 cm³/mol. The molecule has 0 unspecified atom stereocenters. The van der Waals surface area contributed by atoms with E-state index < -0.39 is 21.5 Å². The highest BCUT2D eigenvalue weighted by Crippen LogP contribution is 2.37. The Kier molecular flexibility index (Phi) is 5.28. The zero-order valence-electron chi connectivity index (χ0n) is 13.3. The first-order valence-corrected chi connectivity index (χ1v) is 8.74. The molecule has 0 radical (unpaired) electrons. The summed E-state index contributed by atoms with van der Waals surface area (Å²) in [7, 11) is -0.822. The number of amides is 1. The molecule has 1 aromatic carbocycles. The summed E-state index contributed by atoms with van der Waals surface area (Å²) < 4.78 is 37.7. The molecular formula is C15H22N2O5S. The maximum absolute atomic E-state index is 13.0. The molecule has 1 fully saturated rings. The Labute approximate surface area is 136 Å². The number of primary amides is 1. The zero-order chi connectivity index (χ0) is 17.1. The Morgan fingerprint density at radius 3 is 2.74 bits per heavy atom. The van der Waals surface area contributed by atoms with E-state index >= 15 is 0 Å². The lowest BCUT2D eigenvalue weighted by atomic mass is 9.94. The van der Waals surface area contributed by atoms with Crippen molar-refractivity contribution in [2.24, 2.45) is 5.73 Å². The van der Waals surface area contributed by atoms with E-state index in [0.29, 0.717) is 25.1 Å². The second-order valence-corrected chi connectivity index (χ2v) is 7.52. The summed E-state index contributed by atoms with van der Waals surface area (Å²) in [5, 5.41) is 0. The maximum Gasteiger partial charge on any atom is 0.243 e. The van der Waals surface area contributed by atoms with Gasteiger partial charge >= 0.3 is 0 Å². The van der Waals surface area contributed by atoms with Gasteiger partial charge in [-0.3, -0.25) is 4.79 Å². The van der Waals surface area contributed by atoms with Crippen LogP contribution in [0.15, 0.2) is 29.2 Å². The van der Waals surface area contributed by atoms with Gasteiger partial charge in [0.15, 0.2) is 0 Å². The smallest absolute Gasteiger partial charge is 0.243 e. The zero-order valence-corrected chi connectivity index (χ0v) is 14.1. The summed E-state index contributed by atoms with van der Waals surface area (Å²) in [4.78, 5) is 11.6. The van der Waals surface area contributed by atoms with Gasteiger partial charge in [-0.05, 0) is 25.0 Å². The number of ether oxygens (including phenoxy) is 2. The van der Waals surface area contributed by atoms with Gasteiger partial charge in [0.25, 0.3) is 0 Å². The van der Waals surface area contributed by atoms with Crippen LogP contribution in [0.2, 0.25) is 0 Å². The van der Waals surface area contributed by atoms with Gasteiger partial charge in [-0.15, -0.1) is 0 Å². The number of hydrogen-bond donors (Lipinski definition) is 1. The average Bonchev–Trinajstić information content (AvgIpc) is 2.91. The van der Waals surface area contributed by atoms with Crippen LogP contribution in [0.3, 0.4) is 0 Å². The van der Waals surface area contributed by atoms with Crippen molar-refractivity contribution in [3.63, 3.8) is 0 Å². The Hall–Kier alpha value is -1.64. The van der Waals surface area contributed by atoms with E-state index in [-0.39, 0.29) is 17.9 Å². The summed E-state index contributed by atoms with van der Waals surface area (Å²) >= 11 is 0. The molecular weight excluding hydrogens is 320 g/mol. The first-order valence-electron chi connectivity index (χ1n) is 7.30. The summed E-state index contributed by atoms with van der Waals surface area (Å²) in [6, 6.07) is 6.27. The van der Waals surface area contributed by atoms with Crippen molar-refractivity contribution in [2.45, 2.75) is 29.7 Å². The van der Waals surface area contributed by atoms with Crippen LogP contribution in [-0.2, 0) is 19.6 Å². The van der Waals surface area contributed by atoms with Crippen LogP contribution in [0.25, 0.3) is 0 Å². The average molecular weight is 342 g/mol. The van der Waals surface area contributed by atoms with Gasteiger partial charge in [0.05, 0.1) is 24.2 Å². The third-order valence-electron chi connectivity index (χ3n) is 4.08. The fourth-order valence-corrected chi connectivity index (χ4v) is 5.00. The van der Waals surface area contributed by atoms with Gasteiger partial charge in [-0.1, -0.05) is 6.07 Å². The van der Waals surface area contributed by atoms with Gasteiger partial charge in [0, 0.05) is 26.1 Å².